The highest BCUT2D eigenvalue weighted by atomic mass is 32.2. The van der Waals surface area contributed by atoms with Crippen molar-refractivity contribution in [1.82, 2.24) is 14.9 Å². The summed E-state index contributed by atoms with van der Waals surface area (Å²) in [6.45, 7) is 3.50. The Kier molecular flexibility index (Phi) is 5.66. The first-order valence-corrected chi connectivity index (χ1v) is 7.54. The van der Waals surface area contributed by atoms with Crippen LogP contribution in [-0.4, -0.2) is 37.2 Å². The predicted molar refractivity (Wildman–Crippen MR) is 69.2 cm³/mol. The number of aromatic amines is 1. The predicted octanol–water partition coefficient (Wildman–Crippen LogP) is 0.557. The van der Waals surface area contributed by atoms with Crippen molar-refractivity contribution < 1.29 is 17.9 Å². The summed E-state index contributed by atoms with van der Waals surface area (Å²) in [5, 5.41) is 14.1. The van der Waals surface area contributed by atoms with Gasteiger partial charge < -0.3 is 4.74 Å². The number of hydrogen-bond acceptors (Lipinski definition) is 6. The molecule has 1 atom stereocenters. The third-order valence-electron chi connectivity index (χ3n) is 2.52. The van der Waals surface area contributed by atoms with Crippen LogP contribution < -0.4 is 4.72 Å². The van der Waals surface area contributed by atoms with Gasteiger partial charge in [-0.1, -0.05) is 6.92 Å². The van der Waals surface area contributed by atoms with Crippen molar-refractivity contribution in [1.29, 1.82) is 5.26 Å². The molecule has 1 rings (SSSR count). The molecule has 0 saturated heterocycles. The van der Waals surface area contributed by atoms with E-state index < -0.39 is 22.0 Å². The number of carbonyl (C=O) groups excluding carboxylic acids is 1. The Morgan fingerprint density at radius 3 is 2.85 bits per heavy atom. The first kappa shape index (κ1) is 16.1. The van der Waals surface area contributed by atoms with Crippen LogP contribution in [0.2, 0.25) is 0 Å². The molecule has 8 nitrogen and oxygen atoms in total. The number of aromatic nitrogens is 2. The van der Waals surface area contributed by atoms with Crippen molar-refractivity contribution >= 4 is 16.0 Å². The van der Waals surface area contributed by atoms with E-state index in [1.165, 1.54) is 0 Å². The van der Waals surface area contributed by atoms with E-state index in [2.05, 4.69) is 14.9 Å². The summed E-state index contributed by atoms with van der Waals surface area (Å²) in [4.78, 5) is 11.6. The molecule has 0 bridgehead atoms. The van der Waals surface area contributed by atoms with Crippen LogP contribution in [0.3, 0.4) is 0 Å². The molecule has 20 heavy (non-hydrogen) atoms. The topological polar surface area (TPSA) is 125 Å². The molecule has 0 spiro atoms. The number of nitrogens with one attached hydrogen (secondary N) is 2. The van der Waals surface area contributed by atoms with Gasteiger partial charge in [0.2, 0.25) is 0 Å². The molecule has 1 unspecified atom stereocenters. The number of H-pyrrole nitrogens is 1. The summed E-state index contributed by atoms with van der Waals surface area (Å²) in [7, 11) is -3.96. The lowest BCUT2D eigenvalue weighted by atomic mass is 10.2. The molecule has 0 fully saturated rings. The van der Waals surface area contributed by atoms with Crippen LogP contribution in [0.15, 0.2) is 11.2 Å². The minimum Gasteiger partial charge on any atom is -0.462 e. The van der Waals surface area contributed by atoms with Crippen LogP contribution in [0.4, 0.5) is 0 Å². The van der Waals surface area contributed by atoms with E-state index in [9.17, 15) is 13.2 Å². The second kappa shape index (κ2) is 7.02. The molecular weight excluding hydrogens is 284 g/mol. The fraction of sp³-hybridized carbons (Fsp3) is 0.545. The van der Waals surface area contributed by atoms with Crippen LogP contribution in [-0.2, 0) is 14.8 Å². The van der Waals surface area contributed by atoms with Gasteiger partial charge in [0.05, 0.1) is 25.3 Å². The van der Waals surface area contributed by atoms with E-state index in [-0.39, 0.29) is 23.6 Å². The second-order valence-electron chi connectivity index (χ2n) is 3.92. The zero-order valence-corrected chi connectivity index (χ0v) is 12.0. The van der Waals surface area contributed by atoms with Gasteiger partial charge in [-0.25, -0.2) is 17.9 Å². The van der Waals surface area contributed by atoms with E-state index >= 15 is 0 Å². The van der Waals surface area contributed by atoms with Gasteiger partial charge in [0.15, 0.2) is 5.03 Å². The van der Waals surface area contributed by atoms with Crippen LogP contribution in [0, 0.1) is 11.3 Å². The number of carbonyl (C=O) groups is 1. The number of nitriles is 1. The highest BCUT2D eigenvalue weighted by Gasteiger charge is 2.27. The fourth-order valence-corrected chi connectivity index (χ4v) is 2.90. The first-order valence-electron chi connectivity index (χ1n) is 6.06. The van der Waals surface area contributed by atoms with Gasteiger partial charge >= 0.3 is 5.97 Å². The van der Waals surface area contributed by atoms with Gasteiger partial charge in [0, 0.05) is 6.04 Å². The number of rotatable bonds is 7. The van der Waals surface area contributed by atoms with Crippen molar-refractivity contribution in [3.8, 4) is 6.07 Å². The molecule has 0 saturated carbocycles. The number of ether oxygens (including phenoxy) is 1. The Balaban J connectivity index is 3.02. The van der Waals surface area contributed by atoms with Gasteiger partial charge in [-0.05, 0) is 13.3 Å². The smallest absolute Gasteiger partial charge is 0.342 e. The van der Waals surface area contributed by atoms with Crippen LogP contribution in [0.25, 0.3) is 0 Å². The summed E-state index contributed by atoms with van der Waals surface area (Å²) in [5.41, 5.74) is -0.161. The molecule has 0 radical (unpaired) electrons. The standard InChI is InChI=1S/C11H16N4O4S/c1-3-8(5-6-12)15-20(17,18)10-9(7-13-14-10)11(16)19-4-2/h7-8,15H,3-5H2,1-2H3,(H,13,14). The Labute approximate surface area is 117 Å². The number of sulfonamides is 1. The van der Waals surface area contributed by atoms with Gasteiger partial charge in [-0.3, -0.25) is 5.10 Å². The van der Waals surface area contributed by atoms with Gasteiger partial charge in [0.1, 0.15) is 5.56 Å². The highest BCUT2D eigenvalue weighted by Crippen LogP contribution is 2.14. The average Bonchev–Trinajstić information content (AvgIpc) is 2.88. The molecule has 2 N–H and O–H groups in total. The van der Waals surface area contributed by atoms with Crippen molar-refractivity contribution in [2.45, 2.75) is 37.8 Å². The monoisotopic (exact) mass is 300 g/mol. The van der Waals surface area contributed by atoms with E-state index in [0.29, 0.717) is 6.42 Å². The average molecular weight is 300 g/mol. The van der Waals surface area contributed by atoms with Crippen molar-refractivity contribution in [2.24, 2.45) is 0 Å². The summed E-state index contributed by atoms with van der Waals surface area (Å²) >= 11 is 0. The Bertz CT molecular complexity index is 602. The maximum absolute atomic E-state index is 12.2. The lowest BCUT2D eigenvalue weighted by Gasteiger charge is -2.13. The quantitative estimate of drug-likeness (QED) is 0.709. The number of esters is 1. The molecule has 0 amide bonds. The third kappa shape index (κ3) is 3.79. The molecule has 1 aromatic rings. The minimum atomic E-state index is -3.96. The molecule has 1 heterocycles. The normalized spacial score (nSPS) is 12.7. The second-order valence-corrected chi connectivity index (χ2v) is 5.57. The summed E-state index contributed by atoms with van der Waals surface area (Å²) in [5.74, 6) is -0.769. The summed E-state index contributed by atoms with van der Waals surface area (Å²) < 4.78 is 31.4. The van der Waals surface area contributed by atoms with Crippen molar-refractivity contribution in [3.05, 3.63) is 11.8 Å². The summed E-state index contributed by atoms with van der Waals surface area (Å²) in [6.07, 6.45) is 1.59. The fourth-order valence-electron chi connectivity index (χ4n) is 1.49. The molecule has 1 aromatic heterocycles. The zero-order valence-electron chi connectivity index (χ0n) is 11.2. The van der Waals surface area contributed by atoms with Gasteiger partial charge in [-0.2, -0.15) is 10.4 Å². The Morgan fingerprint density at radius 2 is 2.30 bits per heavy atom. The minimum absolute atomic E-state index is 0.0403. The van der Waals surface area contributed by atoms with Gasteiger partial charge in [0.25, 0.3) is 10.0 Å². The highest BCUT2D eigenvalue weighted by molar-refractivity contribution is 7.89. The Morgan fingerprint density at radius 1 is 1.60 bits per heavy atom. The molecule has 110 valence electrons. The van der Waals surface area contributed by atoms with Crippen LogP contribution in [0.5, 0.6) is 0 Å². The largest absolute Gasteiger partial charge is 0.462 e. The molecule has 0 aliphatic carbocycles. The lowest BCUT2D eigenvalue weighted by Crippen LogP contribution is -2.35. The zero-order chi connectivity index (χ0) is 15.2. The third-order valence-corrected chi connectivity index (χ3v) is 4.01. The van der Waals surface area contributed by atoms with Gasteiger partial charge in [-0.15, -0.1) is 0 Å². The summed E-state index contributed by atoms with van der Waals surface area (Å²) in [6, 6.07) is 1.38. The number of nitrogens with zero attached hydrogens (tertiary/aromatic N) is 2. The van der Waals surface area contributed by atoms with Crippen molar-refractivity contribution in [2.75, 3.05) is 6.61 Å². The number of hydrogen-bond donors (Lipinski definition) is 2. The molecular formula is C11H16N4O4S. The van der Waals surface area contributed by atoms with Crippen LogP contribution >= 0.6 is 0 Å². The molecule has 0 aromatic carbocycles. The lowest BCUT2D eigenvalue weighted by molar-refractivity contribution is 0.0522. The SMILES string of the molecule is CCOC(=O)c1cn[nH]c1S(=O)(=O)NC(CC)CC#N. The maximum atomic E-state index is 12.2. The molecule has 0 aliphatic rings. The Hall–Kier alpha value is -1.92. The van der Waals surface area contributed by atoms with E-state index in [4.69, 9.17) is 10.00 Å². The first-order chi connectivity index (χ1) is 9.46. The maximum Gasteiger partial charge on any atom is 0.342 e. The van der Waals surface area contributed by atoms with Crippen molar-refractivity contribution in [3.63, 3.8) is 0 Å². The molecule has 0 aliphatic heterocycles. The molecule has 9 heteroatoms. The van der Waals surface area contributed by atoms with Crippen LogP contribution in [0.1, 0.15) is 37.0 Å². The van der Waals surface area contributed by atoms with E-state index in [1.54, 1.807) is 13.8 Å². The van der Waals surface area contributed by atoms with E-state index in [1.807, 2.05) is 6.07 Å². The van der Waals surface area contributed by atoms with E-state index in [0.717, 1.165) is 6.20 Å².